The molecule has 3 rings (SSSR count). The standard InChI is InChI=1S/C18H20O2/c1-2-20-17-12-6-5-11-16(17)18(19)13-7-9-14-8-3-4-10-15(14)18/h3-6,8,10-12,19H,2,7,9,13H2,1H3. The maximum atomic E-state index is 11.3. The number of rotatable bonds is 3. The minimum atomic E-state index is -0.930. The van der Waals surface area contributed by atoms with Crippen LogP contribution in [0.2, 0.25) is 0 Å². The number of aliphatic hydroxyl groups is 1. The summed E-state index contributed by atoms with van der Waals surface area (Å²) in [7, 11) is 0. The van der Waals surface area contributed by atoms with Crippen LogP contribution in [0.5, 0.6) is 5.75 Å². The van der Waals surface area contributed by atoms with Crippen LogP contribution < -0.4 is 4.74 Å². The van der Waals surface area contributed by atoms with Crippen LogP contribution in [0.1, 0.15) is 36.5 Å². The van der Waals surface area contributed by atoms with E-state index in [0.29, 0.717) is 6.61 Å². The van der Waals surface area contributed by atoms with Crippen molar-refractivity contribution in [2.45, 2.75) is 31.8 Å². The van der Waals surface area contributed by atoms with Gasteiger partial charge in [-0.25, -0.2) is 0 Å². The highest BCUT2D eigenvalue weighted by molar-refractivity contribution is 5.48. The van der Waals surface area contributed by atoms with Crippen molar-refractivity contribution >= 4 is 0 Å². The maximum Gasteiger partial charge on any atom is 0.125 e. The van der Waals surface area contributed by atoms with Crippen LogP contribution >= 0.6 is 0 Å². The lowest BCUT2D eigenvalue weighted by Crippen LogP contribution is -2.32. The van der Waals surface area contributed by atoms with Gasteiger partial charge in [0.1, 0.15) is 11.4 Å². The molecular formula is C18H20O2. The topological polar surface area (TPSA) is 29.5 Å². The Morgan fingerprint density at radius 1 is 1.05 bits per heavy atom. The average molecular weight is 268 g/mol. The van der Waals surface area contributed by atoms with E-state index in [1.807, 2.05) is 49.4 Å². The van der Waals surface area contributed by atoms with Crippen molar-refractivity contribution in [1.29, 1.82) is 0 Å². The normalized spacial score (nSPS) is 21.3. The minimum absolute atomic E-state index is 0.606. The molecule has 0 aromatic heterocycles. The van der Waals surface area contributed by atoms with Gasteiger partial charge in [0.05, 0.1) is 6.61 Å². The van der Waals surface area contributed by atoms with Gasteiger partial charge < -0.3 is 9.84 Å². The van der Waals surface area contributed by atoms with E-state index in [2.05, 4.69) is 6.07 Å². The van der Waals surface area contributed by atoms with Gasteiger partial charge in [-0.1, -0.05) is 42.5 Å². The molecule has 0 bridgehead atoms. The zero-order valence-corrected chi connectivity index (χ0v) is 11.8. The smallest absolute Gasteiger partial charge is 0.125 e. The molecule has 2 heteroatoms. The minimum Gasteiger partial charge on any atom is -0.493 e. The number of aryl methyl sites for hydroxylation is 1. The Morgan fingerprint density at radius 2 is 1.75 bits per heavy atom. The van der Waals surface area contributed by atoms with Gasteiger partial charge in [0.15, 0.2) is 0 Å². The molecule has 1 aliphatic rings. The van der Waals surface area contributed by atoms with Crippen LogP contribution in [0.15, 0.2) is 48.5 Å². The van der Waals surface area contributed by atoms with Gasteiger partial charge >= 0.3 is 0 Å². The summed E-state index contributed by atoms with van der Waals surface area (Å²) in [5.41, 5.74) is 2.22. The molecule has 0 saturated heterocycles. The fraction of sp³-hybridized carbons (Fsp3) is 0.333. The predicted octanol–water partition coefficient (Wildman–Crippen LogP) is 3.66. The molecule has 0 radical (unpaired) electrons. The Labute approximate surface area is 120 Å². The van der Waals surface area contributed by atoms with Crippen molar-refractivity contribution in [1.82, 2.24) is 0 Å². The second-order valence-corrected chi connectivity index (χ2v) is 5.30. The van der Waals surface area contributed by atoms with E-state index in [1.54, 1.807) is 0 Å². The summed E-state index contributed by atoms with van der Waals surface area (Å²) in [5, 5.41) is 11.3. The van der Waals surface area contributed by atoms with Crippen LogP contribution in [0.3, 0.4) is 0 Å². The molecule has 1 atom stereocenters. The third-order valence-corrected chi connectivity index (χ3v) is 4.08. The van der Waals surface area contributed by atoms with Crippen LogP contribution in [0.4, 0.5) is 0 Å². The molecule has 104 valence electrons. The highest BCUT2D eigenvalue weighted by atomic mass is 16.5. The van der Waals surface area contributed by atoms with E-state index < -0.39 is 5.60 Å². The van der Waals surface area contributed by atoms with Crippen molar-refractivity contribution in [2.75, 3.05) is 6.61 Å². The summed E-state index contributed by atoms with van der Waals surface area (Å²) in [4.78, 5) is 0. The third kappa shape index (κ3) is 2.10. The number of ether oxygens (including phenoxy) is 1. The zero-order chi connectivity index (χ0) is 14.0. The van der Waals surface area contributed by atoms with E-state index in [4.69, 9.17) is 4.74 Å². The van der Waals surface area contributed by atoms with Gasteiger partial charge in [0, 0.05) is 5.56 Å². The van der Waals surface area contributed by atoms with Gasteiger partial charge in [0.2, 0.25) is 0 Å². The van der Waals surface area contributed by atoms with E-state index in [1.165, 1.54) is 5.56 Å². The van der Waals surface area contributed by atoms with Gasteiger partial charge in [-0.2, -0.15) is 0 Å². The average Bonchev–Trinajstić information content (AvgIpc) is 2.49. The Balaban J connectivity index is 2.14. The first kappa shape index (κ1) is 13.2. The van der Waals surface area contributed by atoms with Crippen molar-refractivity contribution < 1.29 is 9.84 Å². The van der Waals surface area contributed by atoms with E-state index in [-0.39, 0.29) is 0 Å². The summed E-state index contributed by atoms with van der Waals surface area (Å²) in [5.74, 6) is 0.786. The second-order valence-electron chi connectivity index (χ2n) is 5.30. The monoisotopic (exact) mass is 268 g/mol. The summed E-state index contributed by atoms with van der Waals surface area (Å²) in [6, 6.07) is 16.0. The Morgan fingerprint density at radius 3 is 2.55 bits per heavy atom. The molecule has 2 nitrogen and oxygen atoms in total. The highest BCUT2D eigenvalue weighted by Gasteiger charge is 2.37. The molecular weight excluding hydrogens is 248 g/mol. The fourth-order valence-electron chi connectivity index (χ4n) is 3.18. The maximum absolute atomic E-state index is 11.3. The molecule has 0 spiro atoms. The molecule has 0 saturated carbocycles. The molecule has 0 aliphatic heterocycles. The molecule has 1 N–H and O–H groups in total. The Hall–Kier alpha value is -1.80. The highest BCUT2D eigenvalue weighted by Crippen LogP contribution is 2.43. The van der Waals surface area contributed by atoms with Gasteiger partial charge in [-0.05, 0) is 43.4 Å². The van der Waals surface area contributed by atoms with Crippen LogP contribution in [0.25, 0.3) is 0 Å². The number of para-hydroxylation sites is 1. The first-order chi connectivity index (χ1) is 9.75. The molecule has 0 fully saturated rings. The van der Waals surface area contributed by atoms with Crippen LogP contribution in [-0.4, -0.2) is 11.7 Å². The summed E-state index contributed by atoms with van der Waals surface area (Å²) < 4.78 is 5.71. The number of hydrogen-bond donors (Lipinski definition) is 1. The molecule has 0 heterocycles. The second kappa shape index (κ2) is 5.29. The molecule has 0 amide bonds. The van der Waals surface area contributed by atoms with Crippen molar-refractivity contribution in [3.63, 3.8) is 0 Å². The van der Waals surface area contributed by atoms with Crippen molar-refractivity contribution in [3.8, 4) is 5.75 Å². The summed E-state index contributed by atoms with van der Waals surface area (Å²) in [6.07, 6.45) is 2.78. The molecule has 2 aromatic rings. The number of fused-ring (bicyclic) bond motifs is 1. The lowest BCUT2D eigenvalue weighted by molar-refractivity contribution is 0.0584. The molecule has 1 unspecified atom stereocenters. The van der Waals surface area contributed by atoms with Crippen molar-refractivity contribution in [2.24, 2.45) is 0 Å². The van der Waals surface area contributed by atoms with Gasteiger partial charge in [-0.15, -0.1) is 0 Å². The molecule has 20 heavy (non-hydrogen) atoms. The summed E-state index contributed by atoms with van der Waals surface area (Å²) >= 11 is 0. The van der Waals surface area contributed by atoms with Gasteiger partial charge in [0.25, 0.3) is 0 Å². The van der Waals surface area contributed by atoms with E-state index >= 15 is 0 Å². The number of hydrogen-bond acceptors (Lipinski definition) is 2. The van der Waals surface area contributed by atoms with E-state index in [0.717, 1.165) is 36.1 Å². The number of benzene rings is 2. The lowest BCUT2D eigenvalue weighted by atomic mass is 9.75. The first-order valence-electron chi connectivity index (χ1n) is 7.29. The molecule has 1 aliphatic carbocycles. The largest absolute Gasteiger partial charge is 0.493 e. The van der Waals surface area contributed by atoms with Gasteiger partial charge in [-0.3, -0.25) is 0 Å². The summed E-state index contributed by atoms with van der Waals surface area (Å²) in [6.45, 7) is 2.57. The van der Waals surface area contributed by atoms with E-state index in [9.17, 15) is 5.11 Å². The Bertz CT molecular complexity index is 606. The van der Waals surface area contributed by atoms with Crippen LogP contribution in [-0.2, 0) is 12.0 Å². The third-order valence-electron chi connectivity index (χ3n) is 4.08. The molecule has 2 aromatic carbocycles. The lowest BCUT2D eigenvalue weighted by Gasteiger charge is -2.36. The zero-order valence-electron chi connectivity index (χ0n) is 11.8. The first-order valence-corrected chi connectivity index (χ1v) is 7.29. The predicted molar refractivity (Wildman–Crippen MR) is 80.0 cm³/mol. The Kier molecular flexibility index (Phi) is 3.49. The van der Waals surface area contributed by atoms with Crippen molar-refractivity contribution in [3.05, 3.63) is 65.2 Å². The fourth-order valence-corrected chi connectivity index (χ4v) is 3.18. The SMILES string of the molecule is CCOc1ccccc1C1(O)CCCc2ccccc21. The van der Waals surface area contributed by atoms with Crippen LogP contribution in [0, 0.1) is 0 Å². The quantitative estimate of drug-likeness (QED) is 0.920.